The van der Waals surface area contributed by atoms with Gasteiger partial charge in [0.15, 0.2) is 5.69 Å². The lowest BCUT2D eigenvalue weighted by molar-refractivity contribution is -0.137. The molecule has 0 bridgehead atoms. The minimum absolute atomic E-state index is 0.218. The summed E-state index contributed by atoms with van der Waals surface area (Å²) in [6.45, 7) is 0. The maximum Gasteiger partial charge on any atom is 0.416 e. The van der Waals surface area contributed by atoms with Crippen LogP contribution in [0.5, 0.6) is 0 Å². The van der Waals surface area contributed by atoms with Gasteiger partial charge in [-0.2, -0.15) is 28.7 Å². The molecule has 120 valence electrons. The number of H-pyrrole nitrogens is 1. The van der Waals surface area contributed by atoms with Gasteiger partial charge >= 0.3 is 6.18 Å². The van der Waals surface area contributed by atoms with Crippen LogP contribution >= 0.6 is 11.3 Å². The Morgan fingerprint density at radius 2 is 1.79 bits per heavy atom. The van der Waals surface area contributed by atoms with E-state index >= 15 is 0 Å². The first-order valence-corrected chi connectivity index (χ1v) is 7.55. The number of halogens is 3. The van der Waals surface area contributed by atoms with E-state index in [1.54, 1.807) is 12.2 Å². The Bertz CT molecular complexity index is 914. The van der Waals surface area contributed by atoms with Crippen LogP contribution in [0.1, 0.15) is 21.7 Å². The van der Waals surface area contributed by atoms with Gasteiger partial charge in [-0.25, -0.2) is 0 Å². The van der Waals surface area contributed by atoms with E-state index in [1.807, 2.05) is 18.2 Å². The fourth-order valence-corrected chi connectivity index (χ4v) is 2.91. The largest absolute Gasteiger partial charge is 0.416 e. The molecule has 0 spiro atoms. The average Bonchev–Trinajstić information content (AvgIpc) is 3.21. The Hall–Kier alpha value is -2.92. The van der Waals surface area contributed by atoms with Crippen molar-refractivity contribution < 1.29 is 13.2 Å². The summed E-state index contributed by atoms with van der Waals surface area (Å²) in [6.07, 6.45) is -0.812. The van der Waals surface area contributed by atoms with Gasteiger partial charge in [-0.05, 0) is 35.9 Å². The number of aromatic nitrogens is 3. The molecule has 0 amide bonds. The van der Waals surface area contributed by atoms with Crippen LogP contribution in [0.2, 0.25) is 0 Å². The molecule has 0 fully saturated rings. The highest BCUT2D eigenvalue weighted by molar-refractivity contribution is 7.16. The lowest BCUT2D eigenvalue weighted by Gasteiger charge is -2.05. The van der Waals surface area contributed by atoms with Crippen LogP contribution in [-0.4, -0.2) is 15.4 Å². The molecule has 0 saturated heterocycles. The number of nitrogens with one attached hydrogen (secondary N) is 1. The normalized spacial score (nSPS) is 11.8. The van der Waals surface area contributed by atoms with Crippen molar-refractivity contribution in [3.8, 4) is 16.6 Å². The number of thiophene rings is 1. The van der Waals surface area contributed by atoms with E-state index in [4.69, 9.17) is 5.26 Å². The first-order chi connectivity index (χ1) is 11.5. The molecule has 24 heavy (non-hydrogen) atoms. The van der Waals surface area contributed by atoms with E-state index in [1.165, 1.54) is 23.5 Å². The Kier molecular flexibility index (Phi) is 4.18. The monoisotopic (exact) mass is 346 g/mol. The zero-order valence-electron chi connectivity index (χ0n) is 12.0. The summed E-state index contributed by atoms with van der Waals surface area (Å²) < 4.78 is 37.6. The van der Waals surface area contributed by atoms with Gasteiger partial charge in [0.1, 0.15) is 11.8 Å². The molecule has 0 atom stereocenters. The fraction of sp³-hybridized carbons (Fsp3) is 0.0625. The topological polar surface area (TPSA) is 65.4 Å². The van der Waals surface area contributed by atoms with Crippen molar-refractivity contribution in [1.29, 1.82) is 5.26 Å². The number of rotatable bonds is 3. The van der Waals surface area contributed by atoms with Crippen molar-refractivity contribution in [2.24, 2.45) is 0 Å². The fourth-order valence-electron chi connectivity index (χ4n) is 2.01. The first-order valence-electron chi connectivity index (χ1n) is 6.74. The lowest BCUT2D eigenvalue weighted by atomic mass is 10.1. The van der Waals surface area contributed by atoms with Crippen LogP contribution in [0, 0.1) is 11.3 Å². The van der Waals surface area contributed by atoms with E-state index in [0.29, 0.717) is 11.3 Å². The van der Waals surface area contributed by atoms with Crippen molar-refractivity contribution in [1.82, 2.24) is 15.4 Å². The van der Waals surface area contributed by atoms with Crippen LogP contribution in [-0.2, 0) is 6.18 Å². The second kappa shape index (κ2) is 6.29. The van der Waals surface area contributed by atoms with E-state index in [2.05, 4.69) is 15.4 Å². The van der Waals surface area contributed by atoms with Gasteiger partial charge in [0.05, 0.1) is 10.4 Å². The molecule has 8 heteroatoms. The predicted molar refractivity (Wildman–Crippen MR) is 84.8 cm³/mol. The molecule has 1 aromatic carbocycles. The summed E-state index contributed by atoms with van der Waals surface area (Å²) in [5.74, 6) is 0. The van der Waals surface area contributed by atoms with Crippen LogP contribution in [0.15, 0.2) is 36.4 Å². The molecule has 3 aromatic rings. The third kappa shape index (κ3) is 3.36. The van der Waals surface area contributed by atoms with Gasteiger partial charge in [-0.1, -0.05) is 18.2 Å². The van der Waals surface area contributed by atoms with Crippen molar-refractivity contribution in [2.45, 2.75) is 6.18 Å². The second-order valence-electron chi connectivity index (χ2n) is 4.79. The quantitative estimate of drug-likeness (QED) is 0.754. The van der Waals surface area contributed by atoms with E-state index < -0.39 is 11.7 Å². The van der Waals surface area contributed by atoms with Crippen molar-refractivity contribution >= 4 is 23.5 Å². The summed E-state index contributed by atoms with van der Waals surface area (Å²) in [5.41, 5.74) is 0.692. The molecule has 0 unspecified atom stereocenters. The molecule has 0 aliphatic heterocycles. The van der Waals surface area contributed by atoms with Gasteiger partial charge in [0.25, 0.3) is 0 Å². The van der Waals surface area contributed by atoms with E-state index in [9.17, 15) is 13.2 Å². The average molecular weight is 346 g/mol. The SMILES string of the molecule is N#Cc1n[nH]nc1-c1ccc(/C=C/c2ccc(C(F)(F)F)cc2)s1. The predicted octanol–water partition coefficient (Wildman–Crippen LogP) is 4.59. The van der Waals surface area contributed by atoms with Crippen LogP contribution < -0.4 is 0 Å². The van der Waals surface area contributed by atoms with Crippen molar-refractivity contribution in [2.75, 3.05) is 0 Å². The molecule has 1 N–H and O–H groups in total. The van der Waals surface area contributed by atoms with Crippen LogP contribution in [0.3, 0.4) is 0 Å². The highest BCUT2D eigenvalue weighted by Crippen LogP contribution is 2.30. The molecule has 0 aliphatic carbocycles. The minimum atomic E-state index is -4.33. The summed E-state index contributed by atoms with van der Waals surface area (Å²) in [6, 6.07) is 10.5. The van der Waals surface area contributed by atoms with E-state index in [0.717, 1.165) is 21.9 Å². The van der Waals surface area contributed by atoms with Crippen LogP contribution in [0.25, 0.3) is 22.7 Å². The number of nitriles is 1. The summed E-state index contributed by atoms with van der Waals surface area (Å²) in [4.78, 5) is 1.67. The Morgan fingerprint density at radius 1 is 1.04 bits per heavy atom. The number of hydrogen-bond donors (Lipinski definition) is 1. The van der Waals surface area contributed by atoms with Gasteiger partial charge in [-0.15, -0.1) is 16.4 Å². The Labute approximate surface area is 138 Å². The molecule has 0 radical (unpaired) electrons. The van der Waals surface area contributed by atoms with E-state index in [-0.39, 0.29) is 5.69 Å². The Morgan fingerprint density at radius 3 is 2.46 bits per heavy atom. The van der Waals surface area contributed by atoms with Gasteiger partial charge < -0.3 is 0 Å². The number of aromatic amines is 1. The molecular weight excluding hydrogens is 337 g/mol. The number of alkyl halides is 3. The summed E-state index contributed by atoms with van der Waals surface area (Å²) in [7, 11) is 0. The molecule has 0 saturated carbocycles. The van der Waals surface area contributed by atoms with Crippen LogP contribution in [0.4, 0.5) is 13.2 Å². The van der Waals surface area contributed by atoms with Gasteiger partial charge in [0, 0.05) is 4.88 Å². The Balaban J connectivity index is 1.77. The number of hydrogen-bond acceptors (Lipinski definition) is 4. The number of nitrogens with zero attached hydrogens (tertiary/aromatic N) is 3. The molecule has 2 heterocycles. The maximum absolute atomic E-state index is 12.5. The van der Waals surface area contributed by atoms with Crippen molar-refractivity contribution in [3.05, 3.63) is 58.1 Å². The maximum atomic E-state index is 12.5. The third-order valence-electron chi connectivity index (χ3n) is 3.19. The first kappa shape index (κ1) is 16.0. The highest BCUT2D eigenvalue weighted by atomic mass is 32.1. The zero-order valence-corrected chi connectivity index (χ0v) is 12.8. The summed E-state index contributed by atoms with van der Waals surface area (Å²) in [5, 5.41) is 19.0. The molecule has 4 nitrogen and oxygen atoms in total. The minimum Gasteiger partial charge on any atom is -0.196 e. The molecule has 2 aromatic heterocycles. The second-order valence-corrected chi connectivity index (χ2v) is 5.90. The lowest BCUT2D eigenvalue weighted by Crippen LogP contribution is -2.03. The van der Waals surface area contributed by atoms with Gasteiger partial charge in [0.2, 0.25) is 0 Å². The summed E-state index contributed by atoms with van der Waals surface area (Å²) >= 11 is 1.41. The zero-order chi connectivity index (χ0) is 17.2. The smallest absolute Gasteiger partial charge is 0.196 e. The molecular formula is C16H9F3N4S. The molecule has 3 rings (SSSR count). The standard InChI is InChI=1S/C16H9F3N4S/c17-16(18,19)11-4-1-10(2-5-11)3-6-12-7-8-14(24-12)15-13(9-20)21-23-22-15/h1-8H,(H,21,22,23)/b6-3+. The van der Waals surface area contributed by atoms with Crippen molar-refractivity contribution in [3.63, 3.8) is 0 Å². The number of benzene rings is 1. The third-order valence-corrected chi connectivity index (χ3v) is 4.25. The molecule has 0 aliphatic rings. The van der Waals surface area contributed by atoms with Gasteiger partial charge in [-0.3, -0.25) is 0 Å². The highest BCUT2D eigenvalue weighted by Gasteiger charge is 2.29.